The summed E-state index contributed by atoms with van der Waals surface area (Å²) in [6, 6.07) is 15.1. The Hall–Kier alpha value is -2.97. The van der Waals surface area contributed by atoms with Gasteiger partial charge in [-0.2, -0.15) is 4.98 Å². The van der Waals surface area contributed by atoms with E-state index in [0.717, 1.165) is 47.9 Å². The Kier molecular flexibility index (Phi) is 6.03. The molecular weight excluding hydrogens is 460 g/mol. The Balaban J connectivity index is 1.39. The van der Waals surface area contributed by atoms with Crippen molar-refractivity contribution in [1.82, 2.24) is 9.97 Å². The number of fused-ring (bicyclic) bond motifs is 1. The standard InChI is InChI=1S/C24H23ClN4O3S/c25-18-7-5-16(6-8-18)17-13-29(14-17)24-27-20-2-1-11-33(32)22(20)23(28-24)26-19-9-3-15(4-10-19)12-21(30)31/h3-10,17H,1-2,11-14H2,(H,30,31)(H,26,27,28)/t33-/m1/s1. The van der Waals surface area contributed by atoms with Crippen molar-refractivity contribution in [3.05, 3.63) is 70.4 Å². The van der Waals surface area contributed by atoms with Crippen molar-refractivity contribution >= 4 is 45.8 Å². The molecule has 1 saturated heterocycles. The van der Waals surface area contributed by atoms with Crippen LogP contribution < -0.4 is 10.2 Å². The third-order valence-corrected chi connectivity index (χ3v) is 7.77. The number of halogens is 1. The molecule has 0 saturated carbocycles. The van der Waals surface area contributed by atoms with Gasteiger partial charge in [0.15, 0.2) is 5.82 Å². The summed E-state index contributed by atoms with van der Waals surface area (Å²) in [4.78, 5) is 23.3. The summed E-state index contributed by atoms with van der Waals surface area (Å²) in [7, 11) is -1.15. The van der Waals surface area contributed by atoms with E-state index < -0.39 is 16.8 Å². The van der Waals surface area contributed by atoms with Crippen LogP contribution in [0.2, 0.25) is 5.02 Å². The highest BCUT2D eigenvalue weighted by atomic mass is 35.5. The van der Waals surface area contributed by atoms with Crippen molar-refractivity contribution in [2.75, 3.05) is 29.1 Å². The molecule has 0 spiro atoms. The van der Waals surface area contributed by atoms with Crippen LogP contribution in [0.1, 0.15) is 29.2 Å². The van der Waals surface area contributed by atoms with Crippen molar-refractivity contribution in [2.45, 2.75) is 30.1 Å². The Labute approximate surface area is 199 Å². The molecule has 1 aromatic heterocycles. The van der Waals surface area contributed by atoms with Gasteiger partial charge in [0.2, 0.25) is 5.95 Å². The Morgan fingerprint density at radius 1 is 1.12 bits per heavy atom. The quantitative estimate of drug-likeness (QED) is 0.544. The van der Waals surface area contributed by atoms with Crippen LogP contribution >= 0.6 is 11.6 Å². The smallest absolute Gasteiger partial charge is 0.307 e. The van der Waals surface area contributed by atoms with Crippen LogP contribution in [-0.4, -0.2) is 44.1 Å². The molecule has 5 rings (SSSR count). The van der Waals surface area contributed by atoms with Gasteiger partial charge in [-0.05, 0) is 48.2 Å². The molecule has 0 unspecified atom stereocenters. The molecule has 3 heterocycles. The summed E-state index contributed by atoms with van der Waals surface area (Å²) in [5.41, 5.74) is 3.57. The second-order valence-corrected chi connectivity index (χ2v) is 10.3. The maximum absolute atomic E-state index is 12.8. The predicted octanol–water partition coefficient (Wildman–Crippen LogP) is 4.16. The molecule has 1 fully saturated rings. The highest BCUT2D eigenvalue weighted by molar-refractivity contribution is 7.85. The zero-order valence-corrected chi connectivity index (χ0v) is 19.4. The Morgan fingerprint density at radius 3 is 2.55 bits per heavy atom. The van der Waals surface area contributed by atoms with E-state index in [1.807, 2.05) is 24.3 Å². The molecule has 7 nitrogen and oxygen atoms in total. The number of carboxylic acid groups (broad SMARTS) is 1. The monoisotopic (exact) mass is 482 g/mol. The summed E-state index contributed by atoms with van der Waals surface area (Å²) in [6.45, 7) is 1.62. The van der Waals surface area contributed by atoms with E-state index in [4.69, 9.17) is 26.7 Å². The highest BCUT2D eigenvalue weighted by Crippen LogP contribution is 2.35. The van der Waals surface area contributed by atoms with Crippen LogP contribution in [0.5, 0.6) is 0 Å². The van der Waals surface area contributed by atoms with Gasteiger partial charge in [0.05, 0.1) is 22.9 Å². The van der Waals surface area contributed by atoms with Gasteiger partial charge in [-0.1, -0.05) is 35.9 Å². The first-order valence-electron chi connectivity index (χ1n) is 10.8. The predicted molar refractivity (Wildman–Crippen MR) is 129 cm³/mol. The molecule has 0 bridgehead atoms. The summed E-state index contributed by atoms with van der Waals surface area (Å²) in [5, 5.41) is 13.0. The number of hydrogen-bond acceptors (Lipinski definition) is 6. The molecule has 9 heteroatoms. The SMILES string of the molecule is O=C(O)Cc1ccc(Nc2nc(N3CC(c4ccc(Cl)cc4)C3)nc3c2[S@](=O)CCC3)cc1. The van der Waals surface area contributed by atoms with Crippen molar-refractivity contribution in [3.63, 3.8) is 0 Å². The van der Waals surface area contributed by atoms with Crippen LogP contribution in [0.4, 0.5) is 17.5 Å². The number of rotatable bonds is 6. The lowest BCUT2D eigenvalue weighted by molar-refractivity contribution is -0.136. The number of aromatic nitrogens is 2. The topological polar surface area (TPSA) is 95.4 Å². The van der Waals surface area contributed by atoms with Crippen LogP contribution in [0.15, 0.2) is 53.4 Å². The third-order valence-electron chi connectivity index (χ3n) is 5.97. The molecule has 3 aromatic rings. The van der Waals surface area contributed by atoms with E-state index in [0.29, 0.717) is 28.3 Å². The van der Waals surface area contributed by atoms with Crippen molar-refractivity contribution in [3.8, 4) is 0 Å². The number of anilines is 3. The van der Waals surface area contributed by atoms with E-state index in [1.165, 1.54) is 5.56 Å². The van der Waals surface area contributed by atoms with E-state index in [-0.39, 0.29) is 6.42 Å². The molecular formula is C24H23ClN4O3S. The molecule has 0 amide bonds. The van der Waals surface area contributed by atoms with Gasteiger partial charge in [-0.25, -0.2) is 4.98 Å². The minimum atomic E-state index is -1.15. The average molecular weight is 483 g/mol. The van der Waals surface area contributed by atoms with Gasteiger partial charge >= 0.3 is 5.97 Å². The van der Waals surface area contributed by atoms with Crippen LogP contribution in [0.3, 0.4) is 0 Å². The molecule has 2 aliphatic rings. The Morgan fingerprint density at radius 2 is 1.85 bits per heavy atom. The lowest BCUT2D eigenvalue weighted by atomic mass is 9.92. The second kappa shape index (κ2) is 9.11. The van der Waals surface area contributed by atoms with Gasteiger partial charge in [0.1, 0.15) is 4.90 Å². The van der Waals surface area contributed by atoms with Crippen molar-refractivity contribution in [1.29, 1.82) is 0 Å². The lowest BCUT2D eigenvalue weighted by Crippen LogP contribution is -2.46. The fourth-order valence-corrected chi connectivity index (χ4v) is 5.66. The average Bonchev–Trinajstić information content (AvgIpc) is 2.75. The number of aliphatic carboxylic acids is 1. The van der Waals surface area contributed by atoms with E-state index in [1.54, 1.807) is 12.1 Å². The molecule has 0 radical (unpaired) electrons. The number of nitrogens with zero attached hydrogens (tertiary/aromatic N) is 3. The number of carbonyl (C=O) groups is 1. The number of nitrogens with one attached hydrogen (secondary N) is 1. The van der Waals surface area contributed by atoms with Gasteiger partial charge in [0.25, 0.3) is 0 Å². The fourth-order valence-electron chi connectivity index (χ4n) is 4.20. The number of benzene rings is 2. The summed E-state index contributed by atoms with van der Waals surface area (Å²) in [5.74, 6) is 1.34. The maximum atomic E-state index is 12.8. The number of hydrogen-bond donors (Lipinski definition) is 2. The van der Waals surface area contributed by atoms with E-state index in [2.05, 4.69) is 22.3 Å². The van der Waals surface area contributed by atoms with Gasteiger partial charge in [0, 0.05) is 35.5 Å². The number of aryl methyl sites for hydroxylation is 1. The second-order valence-electron chi connectivity index (χ2n) is 8.35. The van der Waals surface area contributed by atoms with Crippen LogP contribution in [0.25, 0.3) is 0 Å². The molecule has 33 heavy (non-hydrogen) atoms. The summed E-state index contributed by atoms with van der Waals surface area (Å²) in [6.07, 6.45) is 1.59. The van der Waals surface area contributed by atoms with E-state index >= 15 is 0 Å². The maximum Gasteiger partial charge on any atom is 0.307 e. The van der Waals surface area contributed by atoms with Gasteiger partial charge in [-0.3, -0.25) is 9.00 Å². The molecule has 2 aliphatic heterocycles. The van der Waals surface area contributed by atoms with Gasteiger partial charge in [-0.15, -0.1) is 0 Å². The summed E-state index contributed by atoms with van der Waals surface area (Å²) >= 11 is 6.01. The molecule has 2 aromatic carbocycles. The lowest BCUT2D eigenvalue weighted by Gasteiger charge is -2.40. The number of carboxylic acids is 1. The van der Waals surface area contributed by atoms with E-state index in [9.17, 15) is 9.00 Å². The Bertz CT molecular complexity index is 1210. The molecule has 170 valence electrons. The normalized spacial score (nSPS) is 17.8. The minimum absolute atomic E-state index is 0.0267. The first kappa shape index (κ1) is 21.9. The van der Waals surface area contributed by atoms with Crippen molar-refractivity contribution < 1.29 is 14.1 Å². The zero-order valence-electron chi connectivity index (χ0n) is 17.8. The minimum Gasteiger partial charge on any atom is -0.481 e. The zero-order chi connectivity index (χ0) is 22.9. The molecule has 0 aliphatic carbocycles. The molecule has 1 atom stereocenters. The highest BCUT2D eigenvalue weighted by Gasteiger charge is 2.32. The first-order chi connectivity index (χ1) is 16.0. The van der Waals surface area contributed by atoms with Crippen molar-refractivity contribution in [2.24, 2.45) is 0 Å². The molecule has 2 N–H and O–H groups in total. The largest absolute Gasteiger partial charge is 0.481 e. The van der Waals surface area contributed by atoms with Gasteiger partial charge < -0.3 is 15.3 Å². The summed E-state index contributed by atoms with van der Waals surface area (Å²) < 4.78 is 12.8. The third kappa shape index (κ3) is 4.72. The fraction of sp³-hybridized carbons (Fsp3) is 0.292. The first-order valence-corrected chi connectivity index (χ1v) is 12.5. The van der Waals surface area contributed by atoms with Crippen LogP contribution in [0, 0.1) is 0 Å². The van der Waals surface area contributed by atoms with Crippen LogP contribution in [-0.2, 0) is 28.4 Å².